The highest BCUT2D eigenvalue weighted by molar-refractivity contribution is 5.95. The van der Waals surface area contributed by atoms with Gasteiger partial charge in [-0.25, -0.2) is 0 Å². The highest BCUT2D eigenvalue weighted by Gasteiger charge is 2.33. The summed E-state index contributed by atoms with van der Waals surface area (Å²) in [6, 6.07) is 2.84. The largest absolute Gasteiger partial charge is 0.374 e. The zero-order chi connectivity index (χ0) is 12.8. The maximum absolute atomic E-state index is 11.1. The summed E-state index contributed by atoms with van der Waals surface area (Å²) in [6.07, 6.45) is 0.629. The van der Waals surface area contributed by atoms with Crippen LogP contribution in [0.3, 0.4) is 0 Å². The van der Waals surface area contributed by atoms with Gasteiger partial charge in [-0.05, 0) is 31.9 Å². The van der Waals surface area contributed by atoms with Crippen LogP contribution in [0.15, 0.2) is 12.1 Å². The number of amides is 1. The molecule has 0 spiro atoms. The Morgan fingerprint density at radius 2 is 2.18 bits per heavy atom. The molecule has 1 heterocycles. The molecule has 1 aliphatic heterocycles. The van der Waals surface area contributed by atoms with Gasteiger partial charge < -0.3 is 11.1 Å². The second-order valence-corrected chi connectivity index (χ2v) is 4.84. The molecule has 6 nitrogen and oxygen atoms in total. The van der Waals surface area contributed by atoms with E-state index in [1.165, 1.54) is 6.07 Å². The number of carbonyl (C=O) groups excluding carboxylic acids is 1. The van der Waals surface area contributed by atoms with E-state index in [0.717, 1.165) is 5.56 Å². The third-order valence-corrected chi connectivity index (χ3v) is 2.78. The van der Waals surface area contributed by atoms with Crippen LogP contribution in [0.1, 0.15) is 29.8 Å². The first-order chi connectivity index (χ1) is 7.80. The Kier molecular flexibility index (Phi) is 2.30. The fourth-order valence-corrected chi connectivity index (χ4v) is 2.11. The van der Waals surface area contributed by atoms with Gasteiger partial charge >= 0.3 is 0 Å². The molecule has 1 aromatic rings. The second kappa shape index (κ2) is 3.44. The van der Waals surface area contributed by atoms with Crippen molar-refractivity contribution in [2.45, 2.75) is 25.8 Å². The minimum Gasteiger partial charge on any atom is -0.374 e. The van der Waals surface area contributed by atoms with Gasteiger partial charge in [-0.3, -0.25) is 14.9 Å². The SMILES string of the molecule is CC1(C)Cc2cc(C(N)=O)cc([N+](=O)[O-])c2N1. The van der Waals surface area contributed by atoms with Crippen molar-refractivity contribution in [3.8, 4) is 0 Å². The van der Waals surface area contributed by atoms with Crippen LogP contribution in [-0.2, 0) is 6.42 Å². The van der Waals surface area contributed by atoms with Crippen LogP contribution < -0.4 is 11.1 Å². The van der Waals surface area contributed by atoms with Gasteiger partial charge in [-0.1, -0.05) is 0 Å². The van der Waals surface area contributed by atoms with Crippen LogP contribution in [0, 0.1) is 10.1 Å². The van der Waals surface area contributed by atoms with Crippen LogP contribution >= 0.6 is 0 Å². The molecule has 0 unspecified atom stereocenters. The van der Waals surface area contributed by atoms with Crippen molar-refractivity contribution >= 4 is 17.3 Å². The van der Waals surface area contributed by atoms with E-state index in [-0.39, 0.29) is 16.8 Å². The first kappa shape index (κ1) is 11.4. The number of fused-ring (bicyclic) bond motifs is 1. The monoisotopic (exact) mass is 235 g/mol. The van der Waals surface area contributed by atoms with Gasteiger partial charge in [0.1, 0.15) is 5.69 Å². The predicted molar refractivity (Wildman–Crippen MR) is 63.0 cm³/mol. The Balaban J connectivity index is 2.62. The summed E-state index contributed by atoms with van der Waals surface area (Å²) >= 11 is 0. The van der Waals surface area contributed by atoms with E-state index >= 15 is 0 Å². The standard InChI is InChI=1S/C11H13N3O3/c1-11(2)5-7-3-6(10(12)15)4-8(14(16)17)9(7)13-11/h3-4,13H,5H2,1-2H3,(H2,12,15). The van der Waals surface area contributed by atoms with E-state index < -0.39 is 10.8 Å². The molecule has 0 saturated carbocycles. The highest BCUT2D eigenvalue weighted by Crippen LogP contribution is 2.39. The van der Waals surface area contributed by atoms with Gasteiger partial charge in [0, 0.05) is 17.2 Å². The van der Waals surface area contributed by atoms with E-state index in [9.17, 15) is 14.9 Å². The van der Waals surface area contributed by atoms with Crippen LogP contribution in [0.5, 0.6) is 0 Å². The van der Waals surface area contributed by atoms with Crippen molar-refractivity contribution in [1.29, 1.82) is 0 Å². The average molecular weight is 235 g/mol. The van der Waals surface area contributed by atoms with Crippen LogP contribution in [0.25, 0.3) is 0 Å². The molecule has 0 radical (unpaired) electrons. The molecule has 1 amide bonds. The number of primary amides is 1. The van der Waals surface area contributed by atoms with Crippen molar-refractivity contribution in [1.82, 2.24) is 0 Å². The van der Waals surface area contributed by atoms with Gasteiger partial charge in [0.25, 0.3) is 5.69 Å². The summed E-state index contributed by atoms with van der Waals surface area (Å²) in [6.45, 7) is 3.89. The molecule has 0 bridgehead atoms. The number of benzene rings is 1. The Morgan fingerprint density at radius 1 is 1.53 bits per heavy atom. The lowest BCUT2D eigenvalue weighted by molar-refractivity contribution is -0.384. The summed E-state index contributed by atoms with van der Waals surface area (Å²) in [5.74, 6) is -0.652. The van der Waals surface area contributed by atoms with E-state index in [1.54, 1.807) is 6.07 Å². The maximum atomic E-state index is 11.1. The summed E-state index contributed by atoms with van der Waals surface area (Å²) in [4.78, 5) is 21.6. The maximum Gasteiger partial charge on any atom is 0.293 e. The van der Waals surface area contributed by atoms with Gasteiger partial charge in [0.15, 0.2) is 0 Å². The number of anilines is 1. The van der Waals surface area contributed by atoms with Crippen LogP contribution in [0.4, 0.5) is 11.4 Å². The Hall–Kier alpha value is -2.11. The minimum absolute atomic E-state index is 0.0955. The first-order valence-corrected chi connectivity index (χ1v) is 5.19. The molecule has 2 rings (SSSR count). The number of hydrogen-bond donors (Lipinski definition) is 2. The molecule has 0 aliphatic carbocycles. The van der Waals surface area contributed by atoms with Crippen LogP contribution in [-0.4, -0.2) is 16.4 Å². The lowest BCUT2D eigenvalue weighted by Crippen LogP contribution is -2.27. The number of nitrogens with one attached hydrogen (secondary N) is 1. The fourth-order valence-electron chi connectivity index (χ4n) is 2.11. The quantitative estimate of drug-likeness (QED) is 0.598. The lowest BCUT2D eigenvalue weighted by atomic mass is 9.99. The van der Waals surface area contributed by atoms with E-state index in [2.05, 4.69) is 5.32 Å². The third kappa shape index (κ3) is 1.93. The number of nitro benzene ring substituents is 1. The molecule has 0 fully saturated rings. The fraction of sp³-hybridized carbons (Fsp3) is 0.364. The molecule has 3 N–H and O–H groups in total. The second-order valence-electron chi connectivity index (χ2n) is 4.84. The lowest BCUT2D eigenvalue weighted by Gasteiger charge is -2.17. The average Bonchev–Trinajstić information content (AvgIpc) is 2.49. The molecule has 0 aromatic heterocycles. The molecule has 1 aromatic carbocycles. The molecular formula is C11H13N3O3. The van der Waals surface area contributed by atoms with Gasteiger partial charge in [-0.2, -0.15) is 0 Å². The van der Waals surface area contributed by atoms with E-state index in [4.69, 9.17) is 5.73 Å². The van der Waals surface area contributed by atoms with Crippen molar-refractivity contribution in [3.05, 3.63) is 33.4 Å². The molecule has 6 heteroatoms. The first-order valence-electron chi connectivity index (χ1n) is 5.19. The number of rotatable bonds is 2. The smallest absolute Gasteiger partial charge is 0.293 e. The Morgan fingerprint density at radius 3 is 2.71 bits per heavy atom. The third-order valence-electron chi connectivity index (χ3n) is 2.78. The molecule has 0 atom stereocenters. The summed E-state index contributed by atoms with van der Waals surface area (Å²) in [5.41, 5.74) is 6.25. The highest BCUT2D eigenvalue weighted by atomic mass is 16.6. The Bertz CT molecular complexity index is 523. The zero-order valence-corrected chi connectivity index (χ0v) is 9.61. The molecule has 0 saturated heterocycles. The van der Waals surface area contributed by atoms with Crippen molar-refractivity contribution in [2.75, 3.05) is 5.32 Å². The number of nitrogens with zero attached hydrogens (tertiary/aromatic N) is 1. The number of nitro groups is 1. The minimum atomic E-state index is -0.652. The van der Waals surface area contributed by atoms with Crippen molar-refractivity contribution in [3.63, 3.8) is 0 Å². The number of hydrogen-bond acceptors (Lipinski definition) is 4. The normalized spacial score (nSPS) is 16.1. The number of nitrogens with two attached hydrogens (primary N) is 1. The topological polar surface area (TPSA) is 98.3 Å². The van der Waals surface area contributed by atoms with E-state index in [0.29, 0.717) is 12.1 Å². The summed E-state index contributed by atoms with van der Waals surface area (Å²) in [7, 11) is 0. The van der Waals surface area contributed by atoms with E-state index in [1.807, 2.05) is 13.8 Å². The molecular weight excluding hydrogens is 222 g/mol. The van der Waals surface area contributed by atoms with Crippen molar-refractivity contribution in [2.24, 2.45) is 5.73 Å². The molecule has 17 heavy (non-hydrogen) atoms. The summed E-state index contributed by atoms with van der Waals surface area (Å²) < 4.78 is 0. The molecule has 90 valence electrons. The zero-order valence-electron chi connectivity index (χ0n) is 9.61. The number of carbonyl (C=O) groups is 1. The predicted octanol–water partition coefficient (Wildman–Crippen LogP) is 1.44. The van der Waals surface area contributed by atoms with Gasteiger partial charge in [-0.15, -0.1) is 0 Å². The summed E-state index contributed by atoms with van der Waals surface area (Å²) in [5, 5.41) is 14.1. The van der Waals surface area contributed by atoms with Gasteiger partial charge in [0.05, 0.1) is 4.92 Å². The Labute approximate surface area is 98.0 Å². The van der Waals surface area contributed by atoms with Crippen molar-refractivity contribution < 1.29 is 9.72 Å². The van der Waals surface area contributed by atoms with Gasteiger partial charge in [0.2, 0.25) is 5.91 Å². The van der Waals surface area contributed by atoms with Crippen LogP contribution in [0.2, 0.25) is 0 Å². The molecule has 1 aliphatic rings.